The molecule has 6 heteroatoms. The summed E-state index contributed by atoms with van der Waals surface area (Å²) < 4.78 is 5.68. The molecule has 6 nitrogen and oxygen atoms in total. The van der Waals surface area contributed by atoms with Crippen LogP contribution in [0.3, 0.4) is 0 Å². The van der Waals surface area contributed by atoms with Crippen LogP contribution in [0.5, 0.6) is 5.75 Å². The van der Waals surface area contributed by atoms with Crippen LogP contribution in [0.25, 0.3) is 0 Å². The first kappa shape index (κ1) is 20.8. The minimum atomic E-state index is -0.0727. The molecule has 1 N–H and O–H groups in total. The number of carbonyl (C=O) groups excluding carboxylic acids is 1. The molecule has 2 amide bonds. The zero-order valence-electron chi connectivity index (χ0n) is 15.8. The van der Waals surface area contributed by atoms with Gasteiger partial charge in [0, 0.05) is 19.1 Å². The summed E-state index contributed by atoms with van der Waals surface area (Å²) in [4.78, 5) is 16.4. The SMILES string of the molecule is CCN(CC)CCNC(=O)N(CCOc1cccc(C#N)c1)C(C)C. The monoisotopic (exact) mass is 346 g/mol. The molecule has 1 rings (SSSR count). The third-order valence-electron chi connectivity index (χ3n) is 4.05. The van der Waals surface area contributed by atoms with Crippen molar-refractivity contribution in [2.75, 3.05) is 39.3 Å². The first-order chi connectivity index (χ1) is 12.0. The standard InChI is InChI=1S/C19H30N4O2/c1-5-22(6-2)11-10-21-19(24)23(16(3)4)12-13-25-18-9-7-8-17(14-18)15-20/h7-9,14,16H,5-6,10-13H2,1-4H3,(H,21,24). The molecule has 0 saturated heterocycles. The summed E-state index contributed by atoms with van der Waals surface area (Å²) in [6.45, 7) is 12.5. The van der Waals surface area contributed by atoms with Gasteiger partial charge in [0.1, 0.15) is 12.4 Å². The van der Waals surface area contributed by atoms with Crippen molar-refractivity contribution in [3.05, 3.63) is 29.8 Å². The van der Waals surface area contributed by atoms with Crippen molar-refractivity contribution >= 4 is 6.03 Å². The van der Waals surface area contributed by atoms with E-state index in [0.29, 0.717) is 31.0 Å². The predicted molar refractivity (Wildman–Crippen MR) is 99.7 cm³/mol. The molecule has 0 unspecified atom stereocenters. The molecule has 0 radical (unpaired) electrons. The van der Waals surface area contributed by atoms with Gasteiger partial charge in [0.15, 0.2) is 0 Å². The minimum Gasteiger partial charge on any atom is -0.492 e. The molecule has 0 saturated carbocycles. The van der Waals surface area contributed by atoms with Gasteiger partial charge in [-0.3, -0.25) is 0 Å². The van der Waals surface area contributed by atoms with Crippen molar-refractivity contribution in [3.8, 4) is 11.8 Å². The molecule has 0 atom stereocenters. The van der Waals surface area contributed by atoms with E-state index in [4.69, 9.17) is 10.00 Å². The van der Waals surface area contributed by atoms with E-state index in [0.717, 1.165) is 19.6 Å². The number of hydrogen-bond donors (Lipinski definition) is 1. The molecule has 1 aromatic carbocycles. The van der Waals surface area contributed by atoms with Crippen molar-refractivity contribution in [2.45, 2.75) is 33.7 Å². The Morgan fingerprint density at radius 1 is 1.28 bits per heavy atom. The summed E-state index contributed by atoms with van der Waals surface area (Å²) in [5, 5.41) is 11.9. The van der Waals surface area contributed by atoms with Gasteiger partial charge < -0.3 is 19.9 Å². The van der Waals surface area contributed by atoms with Crippen LogP contribution in [0.15, 0.2) is 24.3 Å². The average Bonchev–Trinajstić information content (AvgIpc) is 2.62. The second-order valence-corrected chi connectivity index (χ2v) is 6.03. The van der Waals surface area contributed by atoms with Crippen LogP contribution in [-0.4, -0.2) is 61.2 Å². The molecule has 0 fully saturated rings. The maximum Gasteiger partial charge on any atom is 0.317 e. The van der Waals surface area contributed by atoms with E-state index >= 15 is 0 Å². The van der Waals surface area contributed by atoms with E-state index in [2.05, 4.69) is 30.1 Å². The number of nitrogens with one attached hydrogen (secondary N) is 1. The summed E-state index contributed by atoms with van der Waals surface area (Å²) in [6.07, 6.45) is 0. The van der Waals surface area contributed by atoms with Gasteiger partial charge in [-0.2, -0.15) is 5.26 Å². The summed E-state index contributed by atoms with van der Waals surface area (Å²) in [6, 6.07) is 9.13. The van der Waals surface area contributed by atoms with Gasteiger partial charge in [0.05, 0.1) is 18.2 Å². The highest BCUT2D eigenvalue weighted by Crippen LogP contribution is 2.12. The highest BCUT2D eigenvalue weighted by Gasteiger charge is 2.16. The van der Waals surface area contributed by atoms with E-state index in [-0.39, 0.29) is 12.1 Å². The van der Waals surface area contributed by atoms with E-state index < -0.39 is 0 Å². The first-order valence-corrected chi connectivity index (χ1v) is 8.91. The van der Waals surface area contributed by atoms with Crippen LogP contribution < -0.4 is 10.1 Å². The second kappa shape index (κ2) is 11.3. The number of likely N-dealkylation sites (N-methyl/N-ethyl adjacent to an activating group) is 1. The summed E-state index contributed by atoms with van der Waals surface area (Å²) in [5.41, 5.74) is 0.562. The number of carbonyl (C=O) groups is 1. The predicted octanol–water partition coefficient (Wildman–Crippen LogP) is 2.70. The lowest BCUT2D eigenvalue weighted by atomic mass is 10.2. The zero-order valence-corrected chi connectivity index (χ0v) is 15.8. The molecule has 0 heterocycles. The van der Waals surface area contributed by atoms with E-state index in [9.17, 15) is 4.79 Å². The molecule has 0 aliphatic heterocycles. The van der Waals surface area contributed by atoms with Gasteiger partial charge in [-0.1, -0.05) is 19.9 Å². The fourth-order valence-corrected chi connectivity index (χ4v) is 2.47. The summed E-state index contributed by atoms with van der Waals surface area (Å²) in [7, 11) is 0. The Morgan fingerprint density at radius 3 is 2.60 bits per heavy atom. The van der Waals surface area contributed by atoms with Gasteiger partial charge in [0.2, 0.25) is 0 Å². The molecule has 0 aliphatic carbocycles. The van der Waals surface area contributed by atoms with E-state index in [1.54, 1.807) is 23.1 Å². The van der Waals surface area contributed by atoms with Crippen molar-refractivity contribution in [3.63, 3.8) is 0 Å². The lowest BCUT2D eigenvalue weighted by Gasteiger charge is -2.27. The zero-order chi connectivity index (χ0) is 18.7. The Hall–Kier alpha value is -2.26. The summed E-state index contributed by atoms with van der Waals surface area (Å²) >= 11 is 0. The average molecular weight is 346 g/mol. The third kappa shape index (κ3) is 7.44. The van der Waals surface area contributed by atoms with Crippen LogP contribution in [-0.2, 0) is 0 Å². The molecule has 1 aromatic rings. The molecule has 0 aliphatic rings. The van der Waals surface area contributed by atoms with Gasteiger partial charge in [0.25, 0.3) is 0 Å². The number of hydrogen-bond acceptors (Lipinski definition) is 4. The molecule has 25 heavy (non-hydrogen) atoms. The lowest BCUT2D eigenvalue weighted by Crippen LogP contribution is -2.47. The van der Waals surface area contributed by atoms with Crippen molar-refractivity contribution < 1.29 is 9.53 Å². The van der Waals surface area contributed by atoms with Crippen LogP contribution in [0, 0.1) is 11.3 Å². The molecule has 138 valence electrons. The van der Waals surface area contributed by atoms with Crippen molar-refractivity contribution in [2.24, 2.45) is 0 Å². The number of nitriles is 1. The maximum atomic E-state index is 12.4. The quantitative estimate of drug-likeness (QED) is 0.707. The largest absolute Gasteiger partial charge is 0.492 e. The number of urea groups is 1. The Bertz CT molecular complexity index is 565. The molecule has 0 spiro atoms. The van der Waals surface area contributed by atoms with Crippen LogP contribution >= 0.6 is 0 Å². The Balaban J connectivity index is 2.45. The fourth-order valence-electron chi connectivity index (χ4n) is 2.47. The lowest BCUT2D eigenvalue weighted by molar-refractivity contribution is 0.165. The Morgan fingerprint density at radius 2 is 2.00 bits per heavy atom. The fraction of sp³-hybridized carbons (Fsp3) is 0.579. The minimum absolute atomic E-state index is 0.0727. The molecule has 0 aromatic heterocycles. The maximum absolute atomic E-state index is 12.4. The first-order valence-electron chi connectivity index (χ1n) is 8.91. The second-order valence-electron chi connectivity index (χ2n) is 6.03. The van der Waals surface area contributed by atoms with Crippen LogP contribution in [0.1, 0.15) is 33.3 Å². The Kier molecular flexibility index (Phi) is 9.41. The van der Waals surface area contributed by atoms with Crippen molar-refractivity contribution in [1.29, 1.82) is 5.26 Å². The number of nitrogens with zero attached hydrogens (tertiary/aromatic N) is 3. The highest BCUT2D eigenvalue weighted by atomic mass is 16.5. The van der Waals surface area contributed by atoms with Crippen molar-refractivity contribution in [1.82, 2.24) is 15.1 Å². The number of rotatable bonds is 10. The van der Waals surface area contributed by atoms with E-state index in [1.165, 1.54) is 0 Å². The van der Waals surface area contributed by atoms with Gasteiger partial charge in [-0.15, -0.1) is 0 Å². The molecule has 0 bridgehead atoms. The summed E-state index contributed by atoms with van der Waals surface area (Å²) in [5.74, 6) is 0.643. The number of amides is 2. The molecular formula is C19H30N4O2. The van der Waals surface area contributed by atoms with Gasteiger partial charge in [-0.05, 0) is 45.1 Å². The molecular weight excluding hydrogens is 316 g/mol. The highest BCUT2D eigenvalue weighted by molar-refractivity contribution is 5.74. The van der Waals surface area contributed by atoms with Crippen LogP contribution in [0.4, 0.5) is 4.79 Å². The number of ether oxygens (including phenoxy) is 1. The topological polar surface area (TPSA) is 68.6 Å². The Labute approximate surface area is 151 Å². The number of benzene rings is 1. The van der Waals surface area contributed by atoms with Gasteiger partial charge >= 0.3 is 6.03 Å². The van der Waals surface area contributed by atoms with Crippen LogP contribution in [0.2, 0.25) is 0 Å². The van der Waals surface area contributed by atoms with Gasteiger partial charge in [-0.25, -0.2) is 4.79 Å². The normalized spacial score (nSPS) is 10.6. The van der Waals surface area contributed by atoms with E-state index in [1.807, 2.05) is 19.9 Å². The third-order valence-corrected chi connectivity index (χ3v) is 4.05. The smallest absolute Gasteiger partial charge is 0.317 e.